The van der Waals surface area contributed by atoms with Gasteiger partial charge in [0.15, 0.2) is 0 Å². The lowest BCUT2D eigenvalue weighted by Crippen LogP contribution is -2.28. The van der Waals surface area contributed by atoms with Gasteiger partial charge in [-0.05, 0) is 323 Å². The highest BCUT2D eigenvalue weighted by molar-refractivity contribution is 6.19. The molecule has 1 saturated heterocycles. The predicted octanol–water partition coefficient (Wildman–Crippen LogP) is 28.8. The van der Waals surface area contributed by atoms with Crippen molar-refractivity contribution in [3.63, 3.8) is 0 Å². The van der Waals surface area contributed by atoms with Crippen molar-refractivity contribution in [1.82, 2.24) is 30.2 Å². The Bertz CT molecular complexity index is 6430. The molecule has 2 fully saturated rings. The average molecular weight is 1820 g/mol. The molecule has 0 amide bonds. The molecule has 0 radical (unpaired) electrons. The number of pyridine rings is 3. The Morgan fingerprint density at radius 3 is 1.03 bits per heavy atom. The molecule has 137 heavy (non-hydrogen) atoms. The molecule has 694 valence electrons. The van der Waals surface area contributed by atoms with Crippen molar-refractivity contribution in [2.75, 3.05) is 18.8 Å². The van der Waals surface area contributed by atoms with Crippen LogP contribution in [-0.4, -0.2) is 66.6 Å². The zero-order chi connectivity index (χ0) is 95.3. The van der Waals surface area contributed by atoms with Crippen LogP contribution < -0.4 is 11.1 Å². The van der Waals surface area contributed by atoms with E-state index in [1.165, 1.54) is 154 Å². The lowest BCUT2D eigenvalue weighted by Gasteiger charge is -2.25. The fourth-order valence-corrected chi connectivity index (χ4v) is 19.0. The van der Waals surface area contributed by atoms with E-state index in [1.807, 2.05) is 79.4 Å². The highest BCUT2D eigenvalue weighted by Gasteiger charge is 2.32. The number of aryl methyl sites for hydroxylation is 1. The first kappa shape index (κ1) is 96.2. The molecule has 1 saturated carbocycles. The summed E-state index contributed by atoms with van der Waals surface area (Å²) < 4.78 is 53.5. The third-order valence-corrected chi connectivity index (χ3v) is 25.9. The Labute approximate surface area is 805 Å². The van der Waals surface area contributed by atoms with Crippen LogP contribution in [0.1, 0.15) is 233 Å². The molecule has 3 N–H and O–H groups in total. The van der Waals surface area contributed by atoms with Gasteiger partial charge in [0.25, 0.3) is 0 Å². The van der Waals surface area contributed by atoms with Crippen molar-refractivity contribution in [3.05, 3.63) is 433 Å². The van der Waals surface area contributed by atoms with Crippen molar-refractivity contribution in [3.8, 4) is 0 Å². The Morgan fingerprint density at radius 1 is 0.299 bits per heavy atom. The second kappa shape index (κ2) is 46.1. The number of halogens is 4. The SMILES string of the molecule is CC(C)Cc1ccc(C2=NC(c3ccc(F)cc3)=C(C3CCNCC3)C2)cc1.CC(C)Cc1ccc(C2=NC(c3ccc(F)cc3)=C(c3cccnc3)C2)cc1.CC(C)Cc1ccc(C2=NC(c3ccc(F)cc3)=C(c3cncnc3)C2)cc1.Cc1ccc(C2=C(c3ccc(N)nc3)CC(c3ccc(CC(C)C)cc3)=N2)cc1.Fc1ccc(C2=C(c3ccncc3)CC(C3CCCCC3)=N2)cc1. The maximum absolute atomic E-state index is 13.4. The van der Waals surface area contributed by atoms with Crippen molar-refractivity contribution >= 4 is 85.2 Å². The van der Waals surface area contributed by atoms with Gasteiger partial charge < -0.3 is 11.1 Å². The van der Waals surface area contributed by atoms with Gasteiger partial charge in [0.1, 0.15) is 35.4 Å². The summed E-state index contributed by atoms with van der Waals surface area (Å²) >= 11 is 0. The number of anilines is 1. The van der Waals surface area contributed by atoms with E-state index in [9.17, 15) is 17.6 Å². The van der Waals surface area contributed by atoms with E-state index in [4.69, 9.17) is 30.7 Å². The van der Waals surface area contributed by atoms with E-state index in [-0.39, 0.29) is 23.3 Å². The smallest absolute Gasteiger partial charge is 0.123 e. The Balaban J connectivity index is 0.000000124. The zero-order valence-corrected chi connectivity index (χ0v) is 80.1. The summed E-state index contributed by atoms with van der Waals surface area (Å²) in [5, 5.41) is 3.46. The van der Waals surface area contributed by atoms with Gasteiger partial charge >= 0.3 is 0 Å². The first-order valence-electron chi connectivity index (χ1n) is 48.6. The first-order valence-corrected chi connectivity index (χ1v) is 48.6. The van der Waals surface area contributed by atoms with Crippen molar-refractivity contribution < 1.29 is 17.6 Å². The molecule has 20 rings (SSSR count). The summed E-state index contributed by atoms with van der Waals surface area (Å²) in [6.45, 7) is 22.1. The lowest BCUT2D eigenvalue weighted by molar-refractivity contribution is 0.418. The maximum Gasteiger partial charge on any atom is 0.123 e. The molecule has 4 aromatic heterocycles. The van der Waals surface area contributed by atoms with Gasteiger partial charge in [0, 0.05) is 115 Å². The molecule has 0 spiro atoms. The van der Waals surface area contributed by atoms with E-state index in [0.717, 1.165) is 195 Å². The number of nitrogen functional groups attached to an aromatic ring is 1. The fraction of sp³-hybridized carbons (Fsp3) is 0.273. The molecule has 16 heteroatoms. The molecule has 1 aliphatic carbocycles. The van der Waals surface area contributed by atoms with Crippen LogP contribution in [0.3, 0.4) is 0 Å². The van der Waals surface area contributed by atoms with Gasteiger partial charge in [-0.1, -0.05) is 208 Å². The Kier molecular flexibility index (Phi) is 32.3. The molecule has 9 aromatic carbocycles. The molecule has 0 atom stereocenters. The molecule has 6 aliphatic heterocycles. The third-order valence-electron chi connectivity index (χ3n) is 25.9. The van der Waals surface area contributed by atoms with Crippen molar-refractivity contribution in [1.29, 1.82) is 0 Å². The van der Waals surface area contributed by atoms with Crippen LogP contribution in [0.4, 0.5) is 23.4 Å². The van der Waals surface area contributed by atoms with Gasteiger partial charge in [-0.15, -0.1) is 0 Å². The van der Waals surface area contributed by atoms with Crippen LogP contribution in [0.5, 0.6) is 0 Å². The van der Waals surface area contributed by atoms with Crippen molar-refractivity contribution in [2.45, 2.75) is 165 Å². The number of aromatic nitrogens is 5. The molecule has 7 aliphatic rings. The summed E-state index contributed by atoms with van der Waals surface area (Å²) in [6.07, 6.45) is 31.4. The number of nitrogens with zero attached hydrogens (tertiary/aromatic N) is 10. The number of nitrogens with one attached hydrogen (secondary N) is 1. The second-order valence-corrected chi connectivity index (χ2v) is 38.4. The predicted molar refractivity (Wildman–Crippen MR) is 559 cm³/mol. The number of allylic oxidation sites excluding steroid dienone is 5. The largest absolute Gasteiger partial charge is 0.384 e. The molecule has 0 unspecified atom stereocenters. The number of hydrogen-bond acceptors (Lipinski definition) is 12. The Hall–Kier alpha value is -14.0. The summed E-state index contributed by atoms with van der Waals surface area (Å²) in [4.78, 5) is 46.0. The van der Waals surface area contributed by atoms with Crippen molar-refractivity contribution in [2.24, 2.45) is 60.5 Å². The van der Waals surface area contributed by atoms with Gasteiger partial charge in [0.05, 0.1) is 51.3 Å². The minimum absolute atomic E-state index is 0.198. The van der Waals surface area contributed by atoms with E-state index < -0.39 is 0 Å². The number of nitrogens with two attached hydrogens (primary N) is 1. The number of benzene rings is 9. The highest BCUT2D eigenvalue weighted by Crippen LogP contribution is 2.45. The second-order valence-electron chi connectivity index (χ2n) is 38.4. The normalized spacial score (nSPS) is 15.6. The van der Waals surface area contributed by atoms with Crippen LogP contribution in [0.2, 0.25) is 0 Å². The van der Waals surface area contributed by atoms with E-state index >= 15 is 0 Å². The van der Waals surface area contributed by atoms with Gasteiger partial charge in [-0.2, -0.15) is 0 Å². The summed E-state index contributed by atoms with van der Waals surface area (Å²) in [6, 6.07) is 82.1. The van der Waals surface area contributed by atoms with Crippen LogP contribution >= 0.6 is 0 Å². The minimum Gasteiger partial charge on any atom is -0.384 e. The standard InChI is InChI=1S/C26H27N3.C25H29FN2.C25H23FN2.C24H22FN3.C21H21FN2/c1-17(2)14-19-6-10-20(11-7-19)24-15-23(22-12-13-25(27)28-16-22)26(29-24)21-8-4-18(3)5-9-21;1-17(2)15-18-3-5-20(6-4-18)24-16-23(19-11-13-27-14-12-19)25(28-24)21-7-9-22(26)10-8-21;1-17(2)14-18-5-7-19(8-6-18)24-15-23(21-4-3-13-27-16-21)25(28-24)20-9-11-22(26)12-10-20;1-16(2)11-17-3-5-18(6-4-17)23-12-22(20-13-26-15-27-14-20)24(28-23)19-7-9-21(25)10-8-19;22-18-8-6-17(7-9-18)21-19(15-10-12-23-13-11-15)14-20(24-21)16-4-2-1-3-5-16/h4-13,16-17H,14-15H2,1-3H3,(H2,27,28);3-10,17,19,27H,11-16H2,1-2H3;3-13,16-17H,14-15H2,1-2H3;3-10,13-16H,11-12H2,1-2H3;6-13,16H,1-5,14H2. The van der Waals surface area contributed by atoms with Crippen LogP contribution in [0.15, 0.2) is 335 Å². The average Bonchev–Trinajstić information content (AvgIpc) is 1.67. The molecular weight excluding hydrogens is 1700 g/mol. The molecule has 13 aromatic rings. The summed E-state index contributed by atoms with van der Waals surface area (Å²) in [7, 11) is 0. The number of aliphatic imine (C=N–C) groups is 5. The maximum atomic E-state index is 13.4. The van der Waals surface area contributed by atoms with Gasteiger partial charge in [0.2, 0.25) is 0 Å². The first-order chi connectivity index (χ1) is 66.6. The van der Waals surface area contributed by atoms with Gasteiger partial charge in [-0.3, -0.25) is 34.9 Å². The Morgan fingerprint density at radius 2 is 0.642 bits per heavy atom. The minimum atomic E-state index is -0.253. The molecule has 10 heterocycles. The fourth-order valence-electron chi connectivity index (χ4n) is 19.0. The topological polar surface area (TPSA) is 164 Å². The van der Waals surface area contributed by atoms with Crippen LogP contribution in [0, 0.1) is 65.7 Å². The highest BCUT2D eigenvalue weighted by atomic mass is 19.1. The van der Waals surface area contributed by atoms with E-state index in [2.05, 4.69) is 220 Å². The van der Waals surface area contributed by atoms with Crippen LogP contribution in [-0.2, 0) is 25.7 Å². The quantitative estimate of drug-likeness (QED) is 0.0602. The zero-order valence-electron chi connectivity index (χ0n) is 80.1. The molecule has 12 nitrogen and oxygen atoms in total. The summed E-state index contributed by atoms with van der Waals surface area (Å²) in [5.41, 5.74) is 42.8. The molecule has 0 bridgehead atoms. The monoisotopic (exact) mass is 1820 g/mol. The van der Waals surface area contributed by atoms with Gasteiger partial charge in [-0.25, -0.2) is 32.5 Å². The lowest BCUT2D eigenvalue weighted by atomic mass is 9.83. The van der Waals surface area contributed by atoms with E-state index in [1.54, 1.807) is 42.9 Å². The van der Waals surface area contributed by atoms with E-state index in [0.29, 0.717) is 47.7 Å². The number of rotatable bonds is 23. The number of piperidine rings is 1. The molecular formula is C121H122F4N12. The summed E-state index contributed by atoms with van der Waals surface area (Å²) in [5.74, 6) is 3.38. The van der Waals surface area contributed by atoms with Crippen LogP contribution in [0.25, 0.3) is 50.8 Å². The number of hydrogen-bond donors (Lipinski definition) is 2. The third kappa shape index (κ3) is 25.6.